The number of halogens is 1. The third kappa shape index (κ3) is 4.38. The number of hydrogen-bond donors (Lipinski definition) is 1. The Morgan fingerprint density at radius 1 is 1.15 bits per heavy atom. The van der Waals surface area contributed by atoms with Crippen LogP contribution in [0.3, 0.4) is 0 Å². The van der Waals surface area contributed by atoms with Crippen molar-refractivity contribution in [3.8, 4) is 17.0 Å². The summed E-state index contributed by atoms with van der Waals surface area (Å²) in [7, 11) is 1.51. The standard InChI is InChI=1S/C20H18FN3O3/c1-13-3-9-18(27-2)17(11-13)22-19(25)12-24-20(26)10-8-16(23-24)14-4-6-15(21)7-5-14/h3-11H,12H2,1-2H3,(H,22,25). The molecule has 6 nitrogen and oxygen atoms in total. The van der Waals surface area contributed by atoms with Crippen LogP contribution < -0.4 is 15.6 Å². The molecule has 0 bridgehead atoms. The highest BCUT2D eigenvalue weighted by atomic mass is 19.1. The summed E-state index contributed by atoms with van der Waals surface area (Å²) < 4.78 is 19.4. The monoisotopic (exact) mass is 367 g/mol. The normalized spacial score (nSPS) is 10.5. The largest absolute Gasteiger partial charge is 0.495 e. The summed E-state index contributed by atoms with van der Waals surface area (Å²) in [5.74, 6) is -0.252. The Labute approximate surface area is 155 Å². The Morgan fingerprint density at radius 3 is 2.59 bits per heavy atom. The maximum atomic E-state index is 13.1. The van der Waals surface area contributed by atoms with Crippen LogP contribution in [0.5, 0.6) is 5.75 Å². The maximum absolute atomic E-state index is 13.1. The molecular formula is C20H18FN3O3. The first kappa shape index (κ1) is 18.3. The summed E-state index contributed by atoms with van der Waals surface area (Å²) in [6.45, 7) is 1.64. The summed E-state index contributed by atoms with van der Waals surface area (Å²) in [4.78, 5) is 24.4. The fraction of sp³-hybridized carbons (Fsp3) is 0.150. The van der Waals surface area contributed by atoms with Crippen molar-refractivity contribution in [2.45, 2.75) is 13.5 Å². The van der Waals surface area contributed by atoms with Gasteiger partial charge in [-0.15, -0.1) is 0 Å². The smallest absolute Gasteiger partial charge is 0.267 e. The van der Waals surface area contributed by atoms with Crippen molar-refractivity contribution >= 4 is 11.6 Å². The van der Waals surface area contributed by atoms with Gasteiger partial charge >= 0.3 is 0 Å². The Kier molecular flexibility index (Phi) is 5.30. The highest BCUT2D eigenvalue weighted by Crippen LogP contribution is 2.25. The predicted octanol–water partition coefficient (Wildman–Crippen LogP) is 3.01. The number of benzene rings is 2. The third-order valence-corrected chi connectivity index (χ3v) is 3.93. The number of ether oxygens (including phenoxy) is 1. The molecule has 0 spiro atoms. The van der Waals surface area contributed by atoms with Gasteiger partial charge in [0.2, 0.25) is 5.91 Å². The Bertz CT molecular complexity index is 1030. The highest BCUT2D eigenvalue weighted by molar-refractivity contribution is 5.92. The number of nitrogens with one attached hydrogen (secondary N) is 1. The molecule has 0 atom stereocenters. The summed E-state index contributed by atoms with van der Waals surface area (Å²) in [6, 6.07) is 14.0. The van der Waals surface area contributed by atoms with E-state index in [2.05, 4.69) is 10.4 Å². The van der Waals surface area contributed by atoms with Crippen molar-refractivity contribution in [3.63, 3.8) is 0 Å². The van der Waals surface area contributed by atoms with E-state index in [0.717, 1.165) is 10.2 Å². The molecule has 0 aliphatic carbocycles. The molecule has 0 unspecified atom stereocenters. The average Bonchev–Trinajstić information content (AvgIpc) is 2.64. The van der Waals surface area contributed by atoms with E-state index in [1.807, 2.05) is 13.0 Å². The second-order valence-corrected chi connectivity index (χ2v) is 5.97. The van der Waals surface area contributed by atoms with Gasteiger partial charge in [0.15, 0.2) is 0 Å². The van der Waals surface area contributed by atoms with E-state index in [0.29, 0.717) is 22.7 Å². The number of methoxy groups -OCH3 is 1. The van der Waals surface area contributed by atoms with Gasteiger partial charge in [-0.1, -0.05) is 6.07 Å². The molecule has 7 heteroatoms. The van der Waals surface area contributed by atoms with Crippen molar-refractivity contribution in [2.75, 3.05) is 12.4 Å². The number of anilines is 1. The number of aromatic nitrogens is 2. The van der Waals surface area contributed by atoms with Crippen molar-refractivity contribution in [1.82, 2.24) is 9.78 Å². The molecule has 1 amide bonds. The fourth-order valence-corrected chi connectivity index (χ4v) is 2.58. The highest BCUT2D eigenvalue weighted by Gasteiger charge is 2.11. The van der Waals surface area contributed by atoms with E-state index in [4.69, 9.17) is 4.74 Å². The van der Waals surface area contributed by atoms with Gasteiger partial charge in [0.25, 0.3) is 5.56 Å². The average molecular weight is 367 g/mol. The second kappa shape index (κ2) is 7.82. The summed E-state index contributed by atoms with van der Waals surface area (Å²) >= 11 is 0. The van der Waals surface area contributed by atoms with Gasteiger partial charge in [0.05, 0.1) is 18.5 Å². The Hall–Kier alpha value is -3.48. The second-order valence-electron chi connectivity index (χ2n) is 5.97. The maximum Gasteiger partial charge on any atom is 0.267 e. The van der Waals surface area contributed by atoms with E-state index in [9.17, 15) is 14.0 Å². The van der Waals surface area contributed by atoms with Crippen molar-refractivity contribution in [2.24, 2.45) is 0 Å². The topological polar surface area (TPSA) is 73.2 Å². The SMILES string of the molecule is COc1ccc(C)cc1NC(=O)Cn1nc(-c2ccc(F)cc2)ccc1=O. The molecule has 0 aliphatic rings. The van der Waals surface area contributed by atoms with E-state index >= 15 is 0 Å². The van der Waals surface area contributed by atoms with Crippen LogP contribution in [0.2, 0.25) is 0 Å². The molecule has 1 heterocycles. The number of amides is 1. The number of nitrogens with zero attached hydrogens (tertiary/aromatic N) is 2. The van der Waals surface area contributed by atoms with E-state index in [1.165, 1.54) is 31.4 Å². The molecule has 1 N–H and O–H groups in total. The first-order chi connectivity index (χ1) is 13.0. The molecule has 2 aromatic carbocycles. The first-order valence-corrected chi connectivity index (χ1v) is 8.25. The van der Waals surface area contributed by atoms with Gasteiger partial charge < -0.3 is 10.1 Å². The van der Waals surface area contributed by atoms with Crippen LogP contribution in [0, 0.1) is 12.7 Å². The minimum absolute atomic E-state index is 0.259. The van der Waals surface area contributed by atoms with E-state index in [-0.39, 0.29) is 12.4 Å². The van der Waals surface area contributed by atoms with Crippen LogP contribution in [0.1, 0.15) is 5.56 Å². The van der Waals surface area contributed by atoms with Gasteiger partial charge in [-0.3, -0.25) is 9.59 Å². The summed E-state index contributed by atoms with van der Waals surface area (Å²) in [5.41, 5.74) is 2.18. The lowest BCUT2D eigenvalue weighted by molar-refractivity contribution is -0.117. The zero-order valence-electron chi connectivity index (χ0n) is 14.9. The fourth-order valence-electron chi connectivity index (χ4n) is 2.58. The van der Waals surface area contributed by atoms with E-state index in [1.54, 1.807) is 24.3 Å². The minimum atomic E-state index is -0.412. The molecule has 0 saturated heterocycles. The van der Waals surface area contributed by atoms with Crippen LogP contribution in [0.15, 0.2) is 59.4 Å². The molecule has 3 aromatic rings. The minimum Gasteiger partial charge on any atom is -0.495 e. The Morgan fingerprint density at radius 2 is 1.89 bits per heavy atom. The van der Waals surface area contributed by atoms with Gasteiger partial charge in [0, 0.05) is 11.6 Å². The van der Waals surface area contributed by atoms with Crippen LogP contribution in [-0.4, -0.2) is 22.8 Å². The zero-order chi connectivity index (χ0) is 19.4. The predicted molar refractivity (Wildman–Crippen MR) is 100 cm³/mol. The molecule has 0 fully saturated rings. The van der Waals surface area contributed by atoms with Gasteiger partial charge in [-0.2, -0.15) is 5.10 Å². The lowest BCUT2D eigenvalue weighted by atomic mass is 10.1. The number of carbonyl (C=O) groups excluding carboxylic acids is 1. The van der Waals surface area contributed by atoms with Crippen LogP contribution >= 0.6 is 0 Å². The molecule has 3 rings (SSSR count). The number of rotatable bonds is 5. The molecule has 138 valence electrons. The lowest BCUT2D eigenvalue weighted by Crippen LogP contribution is -2.29. The van der Waals surface area contributed by atoms with Crippen molar-refractivity contribution < 1.29 is 13.9 Å². The van der Waals surface area contributed by atoms with Gasteiger partial charge in [-0.05, 0) is 55.0 Å². The summed E-state index contributed by atoms with van der Waals surface area (Å²) in [6.07, 6.45) is 0. The van der Waals surface area contributed by atoms with Crippen LogP contribution in [0.25, 0.3) is 11.3 Å². The van der Waals surface area contributed by atoms with Crippen molar-refractivity contribution in [1.29, 1.82) is 0 Å². The first-order valence-electron chi connectivity index (χ1n) is 8.25. The molecule has 27 heavy (non-hydrogen) atoms. The molecular weight excluding hydrogens is 349 g/mol. The lowest BCUT2D eigenvalue weighted by Gasteiger charge is -2.12. The van der Waals surface area contributed by atoms with Gasteiger partial charge in [0.1, 0.15) is 18.1 Å². The van der Waals surface area contributed by atoms with Gasteiger partial charge in [-0.25, -0.2) is 9.07 Å². The molecule has 0 aliphatic heterocycles. The van der Waals surface area contributed by atoms with Crippen LogP contribution in [-0.2, 0) is 11.3 Å². The number of carbonyl (C=O) groups is 1. The molecule has 1 aromatic heterocycles. The van der Waals surface area contributed by atoms with Crippen molar-refractivity contribution in [3.05, 3.63) is 76.3 Å². The third-order valence-electron chi connectivity index (χ3n) is 3.93. The van der Waals surface area contributed by atoms with Crippen LogP contribution in [0.4, 0.5) is 10.1 Å². The number of hydrogen-bond acceptors (Lipinski definition) is 4. The Balaban J connectivity index is 1.82. The molecule has 0 saturated carbocycles. The number of aryl methyl sites for hydroxylation is 1. The van der Waals surface area contributed by atoms with E-state index < -0.39 is 11.5 Å². The molecule has 0 radical (unpaired) electrons. The zero-order valence-corrected chi connectivity index (χ0v) is 14.9. The quantitative estimate of drug-likeness (QED) is 0.752. The summed E-state index contributed by atoms with van der Waals surface area (Å²) in [5, 5.41) is 6.94.